The van der Waals surface area contributed by atoms with Gasteiger partial charge in [0.2, 0.25) is 0 Å². The molecule has 0 spiro atoms. The molecule has 1 aliphatic rings. The maximum atomic E-state index is 4.23. The van der Waals surface area contributed by atoms with Crippen LogP contribution in [0.2, 0.25) is 0 Å². The number of nitrogens with one attached hydrogen (secondary N) is 1. The SMILES string of the molecule is CCC(CC1CC1)n1nnnc1C(C)NCC(C)C. The van der Waals surface area contributed by atoms with Gasteiger partial charge in [0.15, 0.2) is 5.82 Å². The summed E-state index contributed by atoms with van der Waals surface area (Å²) in [5.41, 5.74) is 0. The van der Waals surface area contributed by atoms with Crippen molar-refractivity contribution in [1.29, 1.82) is 0 Å². The van der Waals surface area contributed by atoms with E-state index in [1.807, 2.05) is 0 Å². The first-order chi connectivity index (χ1) is 9.11. The van der Waals surface area contributed by atoms with Crippen LogP contribution in [-0.4, -0.2) is 26.8 Å². The van der Waals surface area contributed by atoms with E-state index >= 15 is 0 Å². The Kier molecular flexibility index (Phi) is 4.91. The minimum Gasteiger partial charge on any atom is -0.307 e. The Morgan fingerprint density at radius 3 is 2.63 bits per heavy atom. The van der Waals surface area contributed by atoms with Crippen molar-refractivity contribution in [1.82, 2.24) is 25.5 Å². The van der Waals surface area contributed by atoms with Crippen LogP contribution in [0.5, 0.6) is 0 Å². The molecule has 1 heterocycles. The summed E-state index contributed by atoms with van der Waals surface area (Å²) in [6, 6.07) is 0.673. The van der Waals surface area contributed by atoms with Gasteiger partial charge in [-0.25, -0.2) is 4.68 Å². The summed E-state index contributed by atoms with van der Waals surface area (Å²) in [5, 5.41) is 15.9. The maximum Gasteiger partial charge on any atom is 0.168 e. The first-order valence-electron chi connectivity index (χ1n) is 7.62. The number of aromatic nitrogens is 4. The van der Waals surface area contributed by atoms with Crippen LogP contribution in [-0.2, 0) is 0 Å². The summed E-state index contributed by atoms with van der Waals surface area (Å²) in [6.07, 6.45) is 5.10. The Labute approximate surface area is 116 Å². The van der Waals surface area contributed by atoms with Crippen molar-refractivity contribution in [2.75, 3.05) is 6.54 Å². The molecule has 2 unspecified atom stereocenters. The van der Waals surface area contributed by atoms with E-state index in [9.17, 15) is 0 Å². The van der Waals surface area contributed by atoms with E-state index in [4.69, 9.17) is 0 Å². The average molecular weight is 265 g/mol. The Bertz CT molecular complexity index is 383. The Balaban J connectivity index is 2.01. The lowest BCUT2D eigenvalue weighted by atomic mass is 10.1. The summed E-state index contributed by atoms with van der Waals surface area (Å²) >= 11 is 0. The van der Waals surface area contributed by atoms with Crippen molar-refractivity contribution in [2.24, 2.45) is 11.8 Å². The van der Waals surface area contributed by atoms with Crippen molar-refractivity contribution < 1.29 is 0 Å². The standard InChI is InChI=1S/C14H27N5/c1-5-13(8-12-6-7-12)19-14(16-17-18-19)11(4)15-9-10(2)3/h10-13,15H,5-9H2,1-4H3. The fourth-order valence-corrected chi connectivity index (χ4v) is 2.43. The third-order valence-corrected chi connectivity index (χ3v) is 3.86. The zero-order valence-electron chi connectivity index (χ0n) is 12.6. The number of hydrogen-bond donors (Lipinski definition) is 1. The summed E-state index contributed by atoms with van der Waals surface area (Å²) < 4.78 is 2.05. The first kappa shape index (κ1) is 14.4. The molecule has 19 heavy (non-hydrogen) atoms. The second kappa shape index (κ2) is 6.46. The van der Waals surface area contributed by atoms with E-state index in [2.05, 4.69) is 53.2 Å². The largest absolute Gasteiger partial charge is 0.307 e. The van der Waals surface area contributed by atoms with E-state index in [0.717, 1.165) is 24.7 Å². The lowest BCUT2D eigenvalue weighted by molar-refractivity contribution is 0.356. The highest BCUT2D eigenvalue weighted by Gasteiger charge is 2.28. The molecule has 2 atom stereocenters. The molecule has 0 saturated heterocycles. The monoisotopic (exact) mass is 265 g/mol. The quantitative estimate of drug-likeness (QED) is 0.785. The molecule has 1 aromatic heterocycles. The predicted octanol–water partition coefficient (Wildman–Crippen LogP) is 2.73. The third-order valence-electron chi connectivity index (χ3n) is 3.86. The Morgan fingerprint density at radius 1 is 1.32 bits per heavy atom. The second-order valence-electron chi connectivity index (χ2n) is 6.25. The van der Waals surface area contributed by atoms with Crippen LogP contribution < -0.4 is 5.32 Å². The van der Waals surface area contributed by atoms with Gasteiger partial charge in [0, 0.05) is 0 Å². The number of rotatable bonds is 8. The molecule has 1 N–H and O–H groups in total. The molecule has 1 aromatic rings. The van der Waals surface area contributed by atoms with Gasteiger partial charge in [-0.3, -0.25) is 0 Å². The lowest BCUT2D eigenvalue weighted by Gasteiger charge is -2.20. The van der Waals surface area contributed by atoms with E-state index in [0.29, 0.717) is 12.0 Å². The van der Waals surface area contributed by atoms with Crippen molar-refractivity contribution in [2.45, 2.75) is 65.5 Å². The summed E-state index contributed by atoms with van der Waals surface area (Å²) in [7, 11) is 0. The molecule has 108 valence electrons. The van der Waals surface area contributed by atoms with Crippen LogP contribution in [0.25, 0.3) is 0 Å². The molecule has 0 aliphatic heterocycles. The zero-order valence-corrected chi connectivity index (χ0v) is 12.6. The molecule has 1 aliphatic carbocycles. The van der Waals surface area contributed by atoms with Gasteiger partial charge in [-0.2, -0.15) is 0 Å². The molecule has 1 fully saturated rings. The van der Waals surface area contributed by atoms with Gasteiger partial charge in [0.1, 0.15) is 0 Å². The summed E-state index contributed by atoms with van der Waals surface area (Å²) in [5.74, 6) is 2.52. The highest BCUT2D eigenvalue weighted by atomic mass is 15.6. The van der Waals surface area contributed by atoms with E-state index in [1.54, 1.807) is 0 Å². The molecule has 5 nitrogen and oxygen atoms in total. The first-order valence-corrected chi connectivity index (χ1v) is 7.62. The van der Waals surface area contributed by atoms with Gasteiger partial charge in [0.25, 0.3) is 0 Å². The van der Waals surface area contributed by atoms with Crippen LogP contribution >= 0.6 is 0 Å². The second-order valence-corrected chi connectivity index (χ2v) is 6.25. The molecular formula is C14H27N5. The van der Waals surface area contributed by atoms with Crippen molar-refractivity contribution in [3.05, 3.63) is 5.82 Å². The van der Waals surface area contributed by atoms with E-state index in [1.165, 1.54) is 19.3 Å². The van der Waals surface area contributed by atoms with Gasteiger partial charge < -0.3 is 5.32 Å². The molecule has 2 rings (SSSR count). The zero-order chi connectivity index (χ0) is 13.8. The molecular weight excluding hydrogens is 238 g/mol. The van der Waals surface area contributed by atoms with Gasteiger partial charge in [0.05, 0.1) is 12.1 Å². The van der Waals surface area contributed by atoms with Gasteiger partial charge in [-0.05, 0) is 48.6 Å². The van der Waals surface area contributed by atoms with Crippen molar-refractivity contribution in [3.8, 4) is 0 Å². The highest BCUT2D eigenvalue weighted by Crippen LogP contribution is 2.38. The van der Waals surface area contributed by atoms with E-state index in [-0.39, 0.29) is 6.04 Å². The normalized spacial score (nSPS) is 18.8. The third kappa shape index (κ3) is 4.00. The van der Waals surface area contributed by atoms with Crippen LogP contribution in [0.4, 0.5) is 0 Å². The maximum absolute atomic E-state index is 4.23. The number of tetrazole rings is 1. The minimum atomic E-state index is 0.214. The lowest BCUT2D eigenvalue weighted by Crippen LogP contribution is -2.27. The molecule has 0 amide bonds. The molecule has 0 aromatic carbocycles. The summed E-state index contributed by atoms with van der Waals surface area (Å²) in [4.78, 5) is 0. The van der Waals surface area contributed by atoms with Gasteiger partial charge in [-0.1, -0.05) is 33.6 Å². The molecule has 5 heteroatoms. The van der Waals surface area contributed by atoms with Crippen molar-refractivity contribution >= 4 is 0 Å². The predicted molar refractivity (Wildman–Crippen MR) is 75.7 cm³/mol. The fourth-order valence-electron chi connectivity index (χ4n) is 2.43. The number of hydrogen-bond acceptors (Lipinski definition) is 4. The van der Waals surface area contributed by atoms with Crippen LogP contribution in [0.3, 0.4) is 0 Å². The van der Waals surface area contributed by atoms with Gasteiger partial charge >= 0.3 is 0 Å². The minimum absolute atomic E-state index is 0.214. The average Bonchev–Trinajstić information content (AvgIpc) is 3.07. The summed E-state index contributed by atoms with van der Waals surface area (Å²) in [6.45, 7) is 9.79. The van der Waals surface area contributed by atoms with Crippen LogP contribution in [0.15, 0.2) is 0 Å². The molecule has 0 radical (unpaired) electrons. The Morgan fingerprint density at radius 2 is 2.05 bits per heavy atom. The molecule has 1 saturated carbocycles. The highest BCUT2D eigenvalue weighted by molar-refractivity contribution is 4.93. The van der Waals surface area contributed by atoms with Crippen LogP contribution in [0, 0.1) is 11.8 Å². The smallest absolute Gasteiger partial charge is 0.168 e. The van der Waals surface area contributed by atoms with Gasteiger partial charge in [-0.15, -0.1) is 5.10 Å². The number of nitrogens with zero attached hydrogens (tertiary/aromatic N) is 4. The fraction of sp³-hybridized carbons (Fsp3) is 0.929. The Hall–Kier alpha value is -0.970. The van der Waals surface area contributed by atoms with Crippen LogP contribution in [0.1, 0.15) is 71.3 Å². The molecule has 0 bridgehead atoms. The van der Waals surface area contributed by atoms with E-state index < -0.39 is 0 Å². The van der Waals surface area contributed by atoms with Crippen molar-refractivity contribution in [3.63, 3.8) is 0 Å². The topological polar surface area (TPSA) is 55.6 Å².